The minimum absolute atomic E-state index is 0.144. The second kappa shape index (κ2) is 10.6. The van der Waals surface area contributed by atoms with Gasteiger partial charge in [0.2, 0.25) is 5.91 Å². The van der Waals surface area contributed by atoms with Crippen molar-refractivity contribution in [1.29, 1.82) is 0 Å². The van der Waals surface area contributed by atoms with Crippen LogP contribution in [0.15, 0.2) is 24.3 Å². The van der Waals surface area contributed by atoms with E-state index in [1.54, 1.807) is 28.5 Å². The van der Waals surface area contributed by atoms with Crippen LogP contribution in [-0.4, -0.2) is 97.7 Å². The van der Waals surface area contributed by atoms with Crippen molar-refractivity contribution in [3.63, 3.8) is 0 Å². The first kappa shape index (κ1) is 23.0. The highest BCUT2D eigenvalue weighted by Crippen LogP contribution is 2.20. The number of carbonyl (C=O) groups is 3. The van der Waals surface area contributed by atoms with Crippen LogP contribution in [0.1, 0.15) is 13.8 Å². The Balaban J connectivity index is 1.43. The maximum Gasteiger partial charge on any atom is 0.409 e. The molecule has 2 fully saturated rings. The monoisotopic (exact) mass is 451 g/mol. The molecular weight excluding hydrogens is 422 g/mol. The number of urea groups is 1. The SMILES string of the molecule is CCOC(=O)N1CCN(C(=O)[C@H](C)NC(=O)N2CCN(c3cccc(Cl)c3)CC2)CC1. The number of amides is 4. The van der Waals surface area contributed by atoms with Crippen molar-refractivity contribution >= 4 is 35.3 Å². The molecule has 10 heteroatoms. The second-order valence-electron chi connectivity index (χ2n) is 7.64. The van der Waals surface area contributed by atoms with Crippen LogP contribution in [0.25, 0.3) is 0 Å². The predicted octanol–water partition coefficient (Wildman–Crippen LogP) is 1.86. The molecule has 2 heterocycles. The highest BCUT2D eigenvalue weighted by Gasteiger charge is 2.29. The van der Waals surface area contributed by atoms with Crippen molar-refractivity contribution in [2.75, 3.05) is 63.9 Å². The summed E-state index contributed by atoms with van der Waals surface area (Å²) in [5, 5.41) is 3.50. The van der Waals surface area contributed by atoms with Gasteiger partial charge in [0, 0.05) is 63.1 Å². The van der Waals surface area contributed by atoms with Crippen molar-refractivity contribution in [3.8, 4) is 0 Å². The van der Waals surface area contributed by atoms with Crippen LogP contribution in [-0.2, 0) is 9.53 Å². The molecule has 170 valence electrons. The quantitative estimate of drug-likeness (QED) is 0.755. The molecule has 1 aromatic rings. The number of anilines is 1. The summed E-state index contributed by atoms with van der Waals surface area (Å²) in [6.45, 7) is 8.03. The van der Waals surface area contributed by atoms with E-state index in [0.29, 0.717) is 64.0 Å². The van der Waals surface area contributed by atoms with E-state index in [4.69, 9.17) is 16.3 Å². The Bertz CT molecular complexity index is 792. The number of ether oxygens (including phenoxy) is 1. The summed E-state index contributed by atoms with van der Waals surface area (Å²) in [5.74, 6) is -0.144. The third-order valence-corrected chi connectivity index (χ3v) is 5.80. The van der Waals surface area contributed by atoms with Gasteiger partial charge in [-0.3, -0.25) is 4.79 Å². The number of piperazine rings is 2. The summed E-state index contributed by atoms with van der Waals surface area (Å²) >= 11 is 6.07. The average molecular weight is 452 g/mol. The van der Waals surface area contributed by atoms with E-state index in [1.165, 1.54) is 0 Å². The molecule has 1 N–H and O–H groups in total. The Kier molecular flexibility index (Phi) is 7.84. The topological polar surface area (TPSA) is 85.4 Å². The number of hydrogen-bond acceptors (Lipinski definition) is 5. The molecule has 3 rings (SSSR count). The lowest BCUT2D eigenvalue weighted by Gasteiger charge is -2.37. The van der Waals surface area contributed by atoms with Gasteiger partial charge in [-0.1, -0.05) is 17.7 Å². The molecule has 0 unspecified atom stereocenters. The summed E-state index contributed by atoms with van der Waals surface area (Å²) < 4.78 is 5.00. The molecule has 0 radical (unpaired) electrons. The molecule has 2 aliphatic heterocycles. The third kappa shape index (κ3) is 5.94. The number of nitrogens with one attached hydrogen (secondary N) is 1. The number of nitrogens with zero attached hydrogens (tertiary/aromatic N) is 4. The maximum absolute atomic E-state index is 12.7. The number of benzene rings is 1. The Hall–Kier alpha value is -2.68. The lowest BCUT2D eigenvalue weighted by atomic mass is 10.2. The van der Waals surface area contributed by atoms with Gasteiger partial charge in [-0.25, -0.2) is 9.59 Å². The first-order valence-corrected chi connectivity index (χ1v) is 11.0. The van der Waals surface area contributed by atoms with Gasteiger partial charge < -0.3 is 29.7 Å². The predicted molar refractivity (Wildman–Crippen MR) is 118 cm³/mol. The molecule has 0 saturated carbocycles. The lowest BCUT2D eigenvalue weighted by Crippen LogP contribution is -2.58. The summed E-state index contributed by atoms with van der Waals surface area (Å²) in [7, 11) is 0. The number of halogens is 1. The van der Waals surface area contributed by atoms with E-state index in [1.807, 2.05) is 24.3 Å². The van der Waals surface area contributed by atoms with Gasteiger partial charge in [-0.15, -0.1) is 0 Å². The summed E-state index contributed by atoms with van der Waals surface area (Å²) in [6, 6.07) is 6.80. The first-order chi connectivity index (χ1) is 14.9. The van der Waals surface area contributed by atoms with Gasteiger partial charge in [0.05, 0.1) is 6.61 Å². The zero-order chi connectivity index (χ0) is 22.4. The number of rotatable bonds is 4. The fraction of sp³-hybridized carbons (Fsp3) is 0.571. The second-order valence-corrected chi connectivity index (χ2v) is 8.07. The van der Waals surface area contributed by atoms with E-state index in [9.17, 15) is 14.4 Å². The third-order valence-electron chi connectivity index (χ3n) is 5.57. The largest absolute Gasteiger partial charge is 0.450 e. The van der Waals surface area contributed by atoms with Gasteiger partial charge in [-0.05, 0) is 32.0 Å². The Labute approximate surface area is 187 Å². The molecular formula is C21H30ClN5O4. The van der Waals surface area contributed by atoms with E-state index in [2.05, 4.69) is 10.2 Å². The van der Waals surface area contributed by atoms with E-state index < -0.39 is 6.04 Å². The Morgan fingerprint density at radius 3 is 2.23 bits per heavy atom. The molecule has 31 heavy (non-hydrogen) atoms. The van der Waals surface area contributed by atoms with Crippen LogP contribution < -0.4 is 10.2 Å². The Morgan fingerprint density at radius 2 is 1.61 bits per heavy atom. The van der Waals surface area contributed by atoms with E-state index in [0.717, 1.165) is 5.69 Å². The minimum atomic E-state index is -0.632. The molecule has 1 atom stereocenters. The van der Waals surface area contributed by atoms with Crippen LogP contribution in [0.4, 0.5) is 15.3 Å². The van der Waals surface area contributed by atoms with Crippen LogP contribution in [0, 0.1) is 0 Å². The summed E-state index contributed by atoms with van der Waals surface area (Å²) in [5.41, 5.74) is 1.04. The lowest BCUT2D eigenvalue weighted by molar-refractivity contribution is -0.134. The zero-order valence-corrected chi connectivity index (χ0v) is 18.8. The molecule has 0 aliphatic carbocycles. The molecule has 4 amide bonds. The molecule has 9 nitrogen and oxygen atoms in total. The molecule has 0 aromatic heterocycles. The molecule has 0 spiro atoms. The molecule has 0 bridgehead atoms. The fourth-order valence-electron chi connectivity index (χ4n) is 3.78. The van der Waals surface area contributed by atoms with Gasteiger partial charge >= 0.3 is 12.1 Å². The van der Waals surface area contributed by atoms with Gasteiger partial charge in [0.15, 0.2) is 0 Å². The van der Waals surface area contributed by atoms with Gasteiger partial charge in [0.1, 0.15) is 6.04 Å². The van der Waals surface area contributed by atoms with Crippen molar-refractivity contribution in [3.05, 3.63) is 29.3 Å². The molecule has 1 aromatic carbocycles. The van der Waals surface area contributed by atoms with Crippen molar-refractivity contribution in [2.24, 2.45) is 0 Å². The standard InChI is InChI=1S/C21H30ClN5O4/c1-3-31-21(30)27-13-9-25(10-14-27)19(28)16(2)23-20(29)26-11-7-24(8-12-26)18-6-4-5-17(22)15-18/h4-6,15-16H,3,7-14H2,1-2H3,(H,23,29)/t16-/m0/s1. The molecule has 2 aliphatic rings. The van der Waals surface area contributed by atoms with Crippen LogP contribution in [0.3, 0.4) is 0 Å². The summed E-state index contributed by atoms with van der Waals surface area (Å²) in [4.78, 5) is 44.3. The highest BCUT2D eigenvalue weighted by atomic mass is 35.5. The first-order valence-electron chi connectivity index (χ1n) is 10.7. The van der Waals surface area contributed by atoms with Crippen molar-refractivity contribution in [2.45, 2.75) is 19.9 Å². The van der Waals surface area contributed by atoms with Crippen LogP contribution in [0.5, 0.6) is 0 Å². The maximum atomic E-state index is 12.7. The van der Waals surface area contributed by atoms with Crippen LogP contribution >= 0.6 is 11.6 Å². The smallest absolute Gasteiger partial charge is 0.409 e. The van der Waals surface area contributed by atoms with Crippen molar-refractivity contribution < 1.29 is 19.1 Å². The van der Waals surface area contributed by atoms with E-state index >= 15 is 0 Å². The summed E-state index contributed by atoms with van der Waals surface area (Å²) in [6.07, 6.45) is -0.354. The Morgan fingerprint density at radius 1 is 1.00 bits per heavy atom. The zero-order valence-electron chi connectivity index (χ0n) is 18.1. The number of hydrogen-bond donors (Lipinski definition) is 1. The van der Waals surface area contributed by atoms with Crippen LogP contribution in [0.2, 0.25) is 5.02 Å². The normalized spacial score (nSPS) is 17.9. The van der Waals surface area contributed by atoms with Gasteiger partial charge in [-0.2, -0.15) is 0 Å². The molecule has 2 saturated heterocycles. The average Bonchev–Trinajstić information content (AvgIpc) is 2.79. The van der Waals surface area contributed by atoms with Gasteiger partial charge in [0.25, 0.3) is 0 Å². The highest BCUT2D eigenvalue weighted by molar-refractivity contribution is 6.30. The minimum Gasteiger partial charge on any atom is -0.450 e. The van der Waals surface area contributed by atoms with E-state index in [-0.39, 0.29) is 18.0 Å². The van der Waals surface area contributed by atoms with Crippen molar-refractivity contribution in [1.82, 2.24) is 20.0 Å². The fourth-order valence-corrected chi connectivity index (χ4v) is 3.96. The number of carbonyl (C=O) groups excluding carboxylic acids is 3.